The zero-order chi connectivity index (χ0) is 14.0. The monoisotopic (exact) mass is 323 g/mol. The molecule has 0 atom stereocenters. The van der Waals surface area contributed by atoms with Crippen molar-refractivity contribution in [3.63, 3.8) is 0 Å². The summed E-state index contributed by atoms with van der Waals surface area (Å²) in [6.07, 6.45) is 0. The fourth-order valence-electron chi connectivity index (χ4n) is 1.91. The number of hydrogen-bond acceptors (Lipinski definition) is 2. The summed E-state index contributed by atoms with van der Waals surface area (Å²) in [4.78, 5) is 0. The molecule has 0 aliphatic carbocycles. The maximum Gasteiger partial charge on any atom is 0.165 e. The van der Waals surface area contributed by atoms with Gasteiger partial charge in [0, 0.05) is 16.7 Å². The zero-order valence-corrected chi connectivity index (χ0v) is 12.4. The average Bonchev–Trinajstić information content (AvgIpc) is 2.37. The topological polar surface area (TPSA) is 32.3 Å². The summed E-state index contributed by atoms with van der Waals surface area (Å²) in [5.74, 6) is -0.915. The Hall–Kier alpha value is -1.55. The molecule has 2 rings (SSSR count). The summed E-state index contributed by atoms with van der Waals surface area (Å²) in [6.45, 7) is 4.57. The maximum atomic E-state index is 13.2. The molecule has 4 heteroatoms. The molecule has 2 N–H and O–H groups in total. The molecule has 19 heavy (non-hydrogen) atoms. The van der Waals surface area contributed by atoms with Crippen molar-refractivity contribution in [3.05, 3.63) is 57.3 Å². The van der Waals surface area contributed by atoms with E-state index in [0.29, 0.717) is 6.54 Å². The maximum absolute atomic E-state index is 13.2. The van der Waals surface area contributed by atoms with Crippen molar-refractivity contribution in [3.8, 4) is 5.75 Å². The van der Waals surface area contributed by atoms with Crippen molar-refractivity contribution < 1.29 is 9.50 Å². The van der Waals surface area contributed by atoms with Crippen molar-refractivity contribution >= 4 is 21.6 Å². The second-order valence-corrected chi connectivity index (χ2v) is 5.36. The zero-order valence-electron chi connectivity index (χ0n) is 10.8. The minimum absolute atomic E-state index is 0.320. The molecule has 0 aliphatic heterocycles. The van der Waals surface area contributed by atoms with E-state index < -0.39 is 5.82 Å². The predicted octanol–water partition coefficient (Wildman–Crippen LogP) is 4.52. The molecule has 2 nitrogen and oxygen atoms in total. The summed E-state index contributed by atoms with van der Waals surface area (Å²) in [5, 5.41) is 12.4. The summed E-state index contributed by atoms with van der Waals surface area (Å²) >= 11 is 3.52. The van der Waals surface area contributed by atoms with Gasteiger partial charge in [0.15, 0.2) is 11.6 Å². The van der Waals surface area contributed by atoms with Crippen molar-refractivity contribution in [2.75, 3.05) is 5.32 Å². The van der Waals surface area contributed by atoms with E-state index >= 15 is 0 Å². The van der Waals surface area contributed by atoms with Crippen LogP contribution in [0.5, 0.6) is 5.75 Å². The standard InChI is InChI=1S/C15H15BrFNO/c1-9-5-12(6-10(2)15(9)16)18-8-11-3-4-14(19)13(17)7-11/h3-7,18-19H,8H2,1-2H3. The Morgan fingerprint density at radius 3 is 2.37 bits per heavy atom. The van der Waals surface area contributed by atoms with Crippen molar-refractivity contribution in [2.24, 2.45) is 0 Å². The highest BCUT2D eigenvalue weighted by Gasteiger charge is 2.04. The Morgan fingerprint density at radius 1 is 1.16 bits per heavy atom. The minimum atomic E-state index is -0.595. The summed E-state index contributed by atoms with van der Waals surface area (Å²) in [5.41, 5.74) is 4.08. The number of aryl methyl sites for hydroxylation is 2. The van der Waals surface area contributed by atoms with Gasteiger partial charge in [0.05, 0.1) is 0 Å². The van der Waals surface area contributed by atoms with Crippen LogP contribution in [-0.2, 0) is 6.54 Å². The second kappa shape index (κ2) is 5.61. The predicted molar refractivity (Wildman–Crippen MR) is 79.0 cm³/mol. The normalized spacial score (nSPS) is 10.5. The van der Waals surface area contributed by atoms with Crippen molar-refractivity contribution in [2.45, 2.75) is 20.4 Å². The molecule has 0 aromatic heterocycles. The molecule has 0 heterocycles. The Balaban J connectivity index is 2.12. The quantitative estimate of drug-likeness (QED) is 0.870. The SMILES string of the molecule is Cc1cc(NCc2ccc(O)c(F)c2)cc(C)c1Br. The van der Waals surface area contributed by atoms with Gasteiger partial charge in [-0.25, -0.2) is 4.39 Å². The first-order valence-electron chi connectivity index (χ1n) is 5.95. The first-order chi connectivity index (χ1) is 8.97. The van der Waals surface area contributed by atoms with Gasteiger partial charge in [-0.1, -0.05) is 22.0 Å². The highest BCUT2D eigenvalue weighted by molar-refractivity contribution is 9.10. The lowest BCUT2D eigenvalue weighted by atomic mass is 10.1. The second-order valence-electron chi connectivity index (χ2n) is 4.56. The number of hydrogen-bond donors (Lipinski definition) is 2. The van der Waals surface area contributed by atoms with E-state index in [1.165, 1.54) is 12.1 Å². The van der Waals surface area contributed by atoms with Gasteiger partial charge in [-0.2, -0.15) is 0 Å². The van der Waals surface area contributed by atoms with Crippen molar-refractivity contribution in [1.29, 1.82) is 0 Å². The molecule has 0 saturated carbocycles. The fraction of sp³-hybridized carbons (Fsp3) is 0.200. The Morgan fingerprint density at radius 2 is 1.79 bits per heavy atom. The van der Waals surface area contributed by atoms with Crippen LogP contribution in [-0.4, -0.2) is 5.11 Å². The average molecular weight is 324 g/mol. The molecular formula is C15H15BrFNO. The van der Waals surface area contributed by atoms with Gasteiger partial charge in [0.25, 0.3) is 0 Å². The number of phenolic OH excluding ortho intramolecular Hbond substituents is 1. The molecule has 2 aromatic rings. The summed E-state index contributed by atoms with van der Waals surface area (Å²) in [6, 6.07) is 8.47. The highest BCUT2D eigenvalue weighted by Crippen LogP contribution is 2.25. The van der Waals surface area contributed by atoms with Crippen LogP contribution >= 0.6 is 15.9 Å². The lowest BCUT2D eigenvalue weighted by Gasteiger charge is -2.11. The molecule has 2 aromatic carbocycles. The first-order valence-corrected chi connectivity index (χ1v) is 6.74. The summed E-state index contributed by atoms with van der Waals surface area (Å²) < 4.78 is 14.3. The van der Waals surface area contributed by atoms with E-state index in [0.717, 1.165) is 26.9 Å². The molecule has 0 aliphatic rings. The number of phenols is 1. The highest BCUT2D eigenvalue weighted by atomic mass is 79.9. The summed E-state index contributed by atoms with van der Waals surface area (Å²) in [7, 11) is 0. The van der Waals surface area contributed by atoms with E-state index in [9.17, 15) is 4.39 Å². The van der Waals surface area contributed by atoms with Crippen LogP contribution in [0.25, 0.3) is 0 Å². The van der Waals surface area contributed by atoms with E-state index in [4.69, 9.17) is 5.11 Å². The molecule has 0 bridgehead atoms. The van der Waals surface area contributed by atoms with Crippen LogP contribution in [0.3, 0.4) is 0 Å². The molecule has 0 spiro atoms. The van der Waals surface area contributed by atoms with E-state index in [-0.39, 0.29) is 5.75 Å². The Bertz CT molecular complexity index is 590. The van der Waals surface area contributed by atoms with Gasteiger partial charge >= 0.3 is 0 Å². The first kappa shape index (κ1) is 13.9. The third-order valence-corrected chi connectivity index (χ3v) is 4.20. The smallest absolute Gasteiger partial charge is 0.165 e. The molecule has 0 amide bonds. The van der Waals surface area contributed by atoms with Gasteiger partial charge in [-0.3, -0.25) is 0 Å². The molecule has 0 fully saturated rings. The Kier molecular flexibility index (Phi) is 4.10. The number of halogens is 2. The van der Waals surface area contributed by atoms with Crippen molar-refractivity contribution in [1.82, 2.24) is 0 Å². The third kappa shape index (κ3) is 3.26. The van der Waals surface area contributed by atoms with Crippen LogP contribution in [0.4, 0.5) is 10.1 Å². The van der Waals surface area contributed by atoms with E-state index in [1.807, 2.05) is 26.0 Å². The lowest BCUT2D eigenvalue weighted by molar-refractivity contribution is 0.432. The van der Waals surface area contributed by atoms with Gasteiger partial charge in [-0.05, 0) is 54.8 Å². The number of aromatic hydroxyl groups is 1. The van der Waals surface area contributed by atoms with Gasteiger partial charge in [0.1, 0.15) is 0 Å². The lowest BCUT2D eigenvalue weighted by Crippen LogP contribution is -2.00. The fourth-order valence-corrected chi connectivity index (χ4v) is 2.14. The Labute approximate surface area is 120 Å². The molecule has 0 saturated heterocycles. The van der Waals surface area contributed by atoms with E-state index in [1.54, 1.807) is 6.07 Å². The largest absolute Gasteiger partial charge is 0.505 e. The minimum Gasteiger partial charge on any atom is -0.505 e. The molecule has 0 radical (unpaired) electrons. The number of benzene rings is 2. The third-order valence-electron chi connectivity index (χ3n) is 2.95. The van der Waals surface area contributed by atoms with Crippen LogP contribution in [0.2, 0.25) is 0 Å². The van der Waals surface area contributed by atoms with E-state index in [2.05, 4.69) is 21.2 Å². The van der Waals surface area contributed by atoms with Gasteiger partial charge in [0.2, 0.25) is 0 Å². The van der Waals surface area contributed by atoms with Crippen LogP contribution in [0, 0.1) is 19.7 Å². The number of anilines is 1. The van der Waals surface area contributed by atoms with Crippen LogP contribution in [0.15, 0.2) is 34.8 Å². The van der Waals surface area contributed by atoms with Crippen LogP contribution in [0.1, 0.15) is 16.7 Å². The molecular weight excluding hydrogens is 309 g/mol. The number of rotatable bonds is 3. The van der Waals surface area contributed by atoms with Gasteiger partial charge in [-0.15, -0.1) is 0 Å². The van der Waals surface area contributed by atoms with Gasteiger partial charge < -0.3 is 10.4 Å². The molecule has 0 unspecified atom stereocenters. The van der Waals surface area contributed by atoms with Crippen LogP contribution < -0.4 is 5.32 Å². The molecule has 100 valence electrons. The number of nitrogens with one attached hydrogen (secondary N) is 1.